The Morgan fingerprint density at radius 2 is 1.95 bits per heavy atom. The lowest BCUT2D eigenvalue weighted by Crippen LogP contribution is -2.36. The van der Waals surface area contributed by atoms with Crippen molar-refractivity contribution in [3.8, 4) is 16.9 Å². The molecular formula is C32H30ClN3O4. The number of hydrogen-bond donors (Lipinski definition) is 1. The molecule has 4 aromatic rings. The van der Waals surface area contributed by atoms with Gasteiger partial charge in [0.25, 0.3) is 0 Å². The molecule has 2 atom stereocenters. The minimum atomic E-state index is -0.944. The van der Waals surface area contributed by atoms with Crippen molar-refractivity contribution in [1.29, 1.82) is 0 Å². The molecule has 0 radical (unpaired) electrons. The van der Waals surface area contributed by atoms with E-state index >= 15 is 0 Å². The molecule has 40 heavy (non-hydrogen) atoms. The lowest BCUT2D eigenvalue weighted by Gasteiger charge is -2.30. The van der Waals surface area contributed by atoms with Crippen molar-refractivity contribution >= 4 is 29.2 Å². The van der Waals surface area contributed by atoms with E-state index in [0.717, 1.165) is 46.7 Å². The zero-order valence-corrected chi connectivity index (χ0v) is 23.0. The molecule has 0 spiro atoms. The van der Waals surface area contributed by atoms with Crippen LogP contribution in [-0.2, 0) is 11.3 Å². The second kappa shape index (κ2) is 10.8. The summed E-state index contributed by atoms with van der Waals surface area (Å²) >= 11 is 6.19. The average Bonchev–Trinajstić information content (AvgIpc) is 3.61. The number of amides is 1. The molecule has 8 heteroatoms. The van der Waals surface area contributed by atoms with Gasteiger partial charge >= 0.3 is 5.97 Å². The molecule has 7 nitrogen and oxygen atoms in total. The van der Waals surface area contributed by atoms with E-state index in [1.807, 2.05) is 59.2 Å². The summed E-state index contributed by atoms with van der Waals surface area (Å²) < 4.78 is 7.73. The van der Waals surface area contributed by atoms with E-state index < -0.39 is 5.97 Å². The molecule has 6 rings (SSSR count). The van der Waals surface area contributed by atoms with Gasteiger partial charge in [-0.15, -0.1) is 0 Å². The molecule has 204 valence electrons. The Labute approximate surface area is 238 Å². The second-order valence-corrected chi connectivity index (χ2v) is 11.0. The third-order valence-corrected chi connectivity index (χ3v) is 8.27. The Morgan fingerprint density at radius 3 is 2.80 bits per heavy atom. The number of carboxylic acids is 1. The number of carbonyl (C=O) groups is 2. The number of hydrogen-bond acceptors (Lipinski definition) is 4. The summed E-state index contributed by atoms with van der Waals surface area (Å²) in [5.41, 5.74) is 6.37. The fourth-order valence-electron chi connectivity index (χ4n) is 5.67. The number of carbonyl (C=O) groups excluding carboxylic acids is 1. The largest absolute Gasteiger partial charge is 0.493 e. The monoisotopic (exact) mass is 555 g/mol. The van der Waals surface area contributed by atoms with E-state index in [0.29, 0.717) is 42.9 Å². The van der Waals surface area contributed by atoms with Crippen LogP contribution in [0.1, 0.15) is 52.2 Å². The fourth-order valence-corrected chi connectivity index (χ4v) is 5.83. The Hall–Kier alpha value is -4.10. The number of benzene rings is 3. The van der Waals surface area contributed by atoms with E-state index in [2.05, 4.69) is 17.2 Å². The van der Waals surface area contributed by atoms with E-state index in [1.165, 1.54) is 5.56 Å². The number of halogens is 1. The highest BCUT2D eigenvalue weighted by Gasteiger charge is 2.47. The number of rotatable bonds is 9. The molecule has 1 saturated carbocycles. The van der Waals surface area contributed by atoms with Crippen molar-refractivity contribution in [1.82, 2.24) is 9.78 Å². The number of ether oxygens (including phenoxy) is 1. The van der Waals surface area contributed by atoms with Gasteiger partial charge in [0, 0.05) is 41.0 Å². The topological polar surface area (TPSA) is 84.7 Å². The SMILES string of the molecule is Cc1c(Cl)cccc1OCCCC(=O)N1CC2CC2c2c(-c3cnn(Cc4cccc(C(=O)O)c4)c3)cccc21. The highest BCUT2D eigenvalue weighted by Crippen LogP contribution is 2.57. The lowest BCUT2D eigenvalue weighted by atomic mass is 9.92. The summed E-state index contributed by atoms with van der Waals surface area (Å²) in [7, 11) is 0. The summed E-state index contributed by atoms with van der Waals surface area (Å²) in [6, 6.07) is 18.7. The van der Waals surface area contributed by atoms with Crippen molar-refractivity contribution in [2.75, 3.05) is 18.1 Å². The maximum absolute atomic E-state index is 13.4. The van der Waals surface area contributed by atoms with Gasteiger partial charge in [-0.25, -0.2) is 4.79 Å². The molecule has 1 N–H and O–H groups in total. The minimum absolute atomic E-state index is 0.115. The third-order valence-electron chi connectivity index (χ3n) is 7.86. The predicted molar refractivity (Wildman–Crippen MR) is 154 cm³/mol. The van der Waals surface area contributed by atoms with E-state index in [-0.39, 0.29) is 11.5 Å². The first-order valence-corrected chi connectivity index (χ1v) is 13.9. The number of anilines is 1. The minimum Gasteiger partial charge on any atom is -0.493 e. The van der Waals surface area contributed by atoms with Crippen LogP contribution in [0.5, 0.6) is 5.75 Å². The smallest absolute Gasteiger partial charge is 0.335 e. The molecule has 1 aliphatic carbocycles. The van der Waals surface area contributed by atoms with Crippen LogP contribution < -0.4 is 9.64 Å². The molecule has 1 amide bonds. The van der Waals surface area contributed by atoms with Gasteiger partial charge in [0.15, 0.2) is 0 Å². The molecule has 1 aliphatic heterocycles. The molecule has 2 unspecified atom stereocenters. The normalized spacial score (nSPS) is 17.2. The summed E-state index contributed by atoms with van der Waals surface area (Å²) in [6.45, 7) is 3.61. The highest BCUT2D eigenvalue weighted by molar-refractivity contribution is 6.31. The van der Waals surface area contributed by atoms with Gasteiger partial charge in [-0.2, -0.15) is 5.10 Å². The Balaban J connectivity index is 1.16. The highest BCUT2D eigenvalue weighted by atomic mass is 35.5. The summed E-state index contributed by atoms with van der Waals surface area (Å²) in [4.78, 5) is 26.7. The zero-order valence-electron chi connectivity index (χ0n) is 22.2. The summed E-state index contributed by atoms with van der Waals surface area (Å²) in [5.74, 6) is 0.866. The zero-order chi connectivity index (χ0) is 27.8. The van der Waals surface area contributed by atoms with Crippen LogP contribution >= 0.6 is 11.6 Å². The van der Waals surface area contributed by atoms with Crippen molar-refractivity contribution in [2.45, 2.75) is 38.6 Å². The molecule has 1 fully saturated rings. The number of aromatic carboxylic acids is 1. The molecule has 0 bridgehead atoms. The van der Waals surface area contributed by atoms with Gasteiger partial charge in [0.2, 0.25) is 5.91 Å². The first-order chi connectivity index (χ1) is 19.4. The standard InChI is InChI=1S/C32H30ClN3O4/c1-20-27(33)9-4-11-29(20)40-13-5-12-30(37)36-19-23-15-26(23)31-25(8-3-10-28(31)36)24-16-34-35(18-24)17-21-6-2-7-22(14-21)32(38)39/h2-4,6-11,14,16,18,23,26H,5,12-13,15,17,19H2,1H3,(H,38,39). The van der Waals surface area contributed by atoms with Crippen LogP contribution in [0, 0.1) is 12.8 Å². The van der Waals surface area contributed by atoms with E-state index in [1.54, 1.807) is 18.2 Å². The van der Waals surface area contributed by atoms with E-state index in [9.17, 15) is 14.7 Å². The summed E-state index contributed by atoms with van der Waals surface area (Å²) in [6.07, 6.45) is 5.97. The number of carboxylic acid groups (broad SMARTS) is 1. The first-order valence-electron chi connectivity index (χ1n) is 13.6. The quantitative estimate of drug-likeness (QED) is 0.236. The van der Waals surface area contributed by atoms with Crippen LogP contribution in [0.4, 0.5) is 5.69 Å². The summed E-state index contributed by atoms with van der Waals surface area (Å²) in [5, 5.41) is 14.5. The van der Waals surface area contributed by atoms with Gasteiger partial charge in [-0.3, -0.25) is 9.48 Å². The lowest BCUT2D eigenvalue weighted by molar-refractivity contribution is -0.119. The van der Waals surface area contributed by atoms with Gasteiger partial charge in [0.1, 0.15) is 5.75 Å². The van der Waals surface area contributed by atoms with Gasteiger partial charge in [0.05, 0.1) is 24.9 Å². The molecular weight excluding hydrogens is 526 g/mol. The van der Waals surface area contributed by atoms with Gasteiger partial charge < -0.3 is 14.7 Å². The number of aromatic nitrogens is 2. The molecule has 2 aliphatic rings. The number of fused-ring (bicyclic) bond motifs is 3. The van der Waals surface area contributed by atoms with Crippen LogP contribution in [0.25, 0.3) is 11.1 Å². The maximum Gasteiger partial charge on any atom is 0.335 e. The Kier molecular flexibility index (Phi) is 7.07. The van der Waals surface area contributed by atoms with Crippen LogP contribution in [0.3, 0.4) is 0 Å². The Morgan fingerprint density at radius 1 is 1.12 bits per heavy atom. The predicted octanol–water partition coefficient (Wildman–Crippen LogP) is 6.57. The molecule has 0 saturated heterocycles. The molecule has 1 aromatic heterocycles. The number of nitrogens with zero attached hydrogens (tertiary/aromatic N) is 3. The fraction of sp³-hybridized carbons (Fsp3) is 0.281. The second-order valence-electron chi connectivity index (χ2n) is 10.6. The van der Waals surface area contributed by atoms with Crippen LogP contribution in [0.15, 0.2) is 73.1 Å². The first kappa shape index (κ1) is 26.1. The van der Waals surface area contributed by atoms with Crippen molar-refractivity contribution in [2.24, 2.45) is 5.92 Å². The maximum atomic E-state index is 13.4. The van der Waals surface area contributed by atoms with Crippen molar-refractivity contribution < 1.29 is 19.4 Å². The van der Waals surface area contributed by atoms with Gasteiger partial charge in [-0.1, -0.05) is 41.9 Å². The van der Waals surface area contributed by atoms with Crippen LogP contribution in [0.2, 0.25) is 5.02 Å². The molecule has 2 heterocycles. The van der Waals surface area contributed by atoms with Crippen LogP contribution in [-0.4, -0.2) is 39.9 Å². The molecule has 3 aromatic carbocycles. The van der Waals surface area contributed by atoms with E-state index in [4.69, 9.17) is 16.3 Å². The van der Waals surface area contributed by atoms with Gasteiger partial charge in [-0.05, 0) is 78.6 Å². The van der Waals surface area contributed by atoms with Crippen molar-refractivity contribution in [3.05, 3.63) is 100 Å². The average molecular weight is 556 g/mol. The van der Waals surface area contributed by atoms with Crippen molar-refractivity contribution in [3.63, 3.8) is 0 Å². The Bertz CT molecular complexity index is 1600. The third kappa shape index (κ3) is 5.21.